The summed E-state index contributed by atoms with van der Waals surface area (Å²) in [5, 5.41) is 10.9. The van der Waals surface area contributed by atoms with Crippen molar-refractivity contribution in [3.63, 3.8) is 0 Å². The van der Waals surface area contributed by atoms with E-state index < -0.39 is 0 Å². The lowest BCUT2D eigenvalue weighted by Gasteiger charge is -2.29. The van der Waals surface area contributed by atoms with Gasteiger partial charge in [0.2, 0.25) is 0 Å². The number of rotatable bonds is 5. The number of amidine groups is 1. The van der Waals surface area contributed by atoms with Crippen molar-refractivity contribution < 1.29 is 9.26 Å². The maximum atomic E-state index is 6.14. The van der Waals surface area contributed by atoms with Gasteiger partial charge in [0.05, 0.1) is 36.8 Å². The predicted molar refractivity (Wildman–Crippen MR) is 131 cm³/mol. The number of aromatic nitrogens is 3. The number of benzene rings is 2. The Balaban J connectivity index is 1.40. The Morgan fingerprint density at radius 2 is 2.03 bits per heavy atom. The van der Waals surface area contributed by atoms with Gasteiger partial charge in [0.25, 0.3) is 0 Å². The minimum atomic E-state index is -0.0955. The van der Waals surface area contributed by atoms with Gasteiger partial charge in [-0.15, -0.1) is 6.42 Å². The van der Waals surface area contributed by atoms with E-state index in [1.54, 1.807) is 0 Å². The van der Waals surface area contributed by atoms with Crippen molar-refractivity contribution in [1.82, 2.24) is 24.6 Å². The van der Waals surface area contributed by atoms with E-state index in [0.29, 0.717) is 25.5 Å². The Labute approximate surface area is 203 Å². The summed E-state index contributed by atoms with van der Waals surface area (Å²) < 4.78 is 13.8. The fourth-order valence-corrected chi connectivity index (χ4v) is 4.65. The van der Waals surface area contributed by atoms with Crippen LogP contribution in [0, 0.1) is 19.3 Å². The van der Waals surface area contributed by atoms with E-state index in [-0.39, 0.29) is 6.17 Å². The van der Waals surface area contributed by atoms with Crippen molar-refractivity contribution in [1.29, 1.82) is 0 Å². The molecule has 2 aromatic carbocycles. The number of fused-ring (bicyclic) bond motifs is 5. The van der Waals surface area contributed by atoms with Gasteiger partial charge in [-0.1, -0.05) is 41.4 Å². The molecule has 0 spiro atoms. The molecule has 2 aromatic heterocycles. The van der Waals surface area contributed by atoms with Crippen molar-refractivity contribution in [2.45, 2.75) is 26.2 Å². The van der Waals surface area contributed by atoms with Gasteiger partial charge in [0.1, 0.15) is 18.2 Å². The molecule has 174 valence electrons. The molecule has 0 bridgehead atoms. The molecular weight excluding hydrogens is 440 g/mol. The third-order valence-electron chi connectivity index (χ3n) is 6.41. The highest BCUT2D eigenvalue weighted by atomic mass is 16.5. The van der Waals surface area contributed by atoms with Gasteiger partial charge in [0.15, 0.2) is 11.6 Å². The summed E-state index contributed by atoms with van der Waals surface area (Å²) in [6, 6.07) is 18.0. The number of nitrogens with zero attached hydrogens (tertiary/aromatic N) is 6. The van der Waals surface area contributed by atoms with Crippen LogP contribution in [-0.4, -0.2) is 50.3 Å². The highest BCUT2D eigenvalue weighted by molar-refractivity contribution is 6.03. The lowest BCUT2D eigenvalue weighted by atomic mass is 10.1. The number of imidazole rings is 1. The lowest BCUT2D eigenvalue weighted by molar-refractivity contribution is 0.0218. The molecule has 8 heteroatoms. The summed E-state index contributed by atoms with van der Waals surface area (Å²) in [5.41, 5.74) is 6.41. The maximum absolute atomic E-state index is 6.14. The SMILES string of the molecule is C#Cc1ccc2c(c1)C1=NN(C)C(COCc3ccccc3)N1Cc1c(-c3cc(C)no3)ncn1-2. The summed E-state index contributed by atoms with van der Waals surface area (Å²) in [6.45, 7) is 3.48. The molecule has 2 aliphatic heterocycles. The largest absolute Gasteiger partial charge is 0.373 e. The molecule has 0 N–H and O–H groups in total. The second-order valence-corrected chi connectivity index (χ2v) is 8.73. The molecule has 0 saturated heterocycles. The van der Waals surface area contributed by atoms with Gasteiger partial charge < -0.3 is 14.2 Å². The van der Waals surface area contributed by atoms with Gasteiger partial charge in [-0.2, -0.15) is 5.10 Å². The Kier molecular flexibility index (Phi) is 5.12. The minimum Gasteiger partial charge on any atom is -0.373 e. The summed E-state index contributed by atoms with van der Waals surface area (Å²) >= 11 is 0. The molecule has 1 atom stereocenters. The van der Waals surface area contributed by atoms with Crippen LogP contribution in [0.1, 0.15) is 28.1 Å². The summed E-state index contributed by atoms with van der Waals surface area (Å²) in [4.78, 5) is 6.95. The lowest BCUT2D eigenvalue weighted by Crippen LogP contribution is -2.43. The van der Waals surface area contributed by atoms with Crippen LogP contribution in [0.3, 0.4) is 0 Å². The molecular formula is C27H24N6O2. The number of aryl methyl sites for hydroxylation is 1. The second-order valence-electron chi connectivity index (χ2n) is 8.73. The highest BCUT2D eigenvalue weighted by Gasteiger charge is 2.38. The van der Waals surface area contributed by atoms with Crippen molar-refractivity contribution >= 4 is 5.84 Å². The van der Waals surface area contributed by atoms with Crippen LogP contribution in [-0.2, 0) is 17.9 Å². The average molecular weight is 465 g/mol. The number of hydrogen-bond acceptors (Lipinski definition) is 7. The quantitative estimate of drug-likeness (QED) is 0.419. The van der Waals surface area contributed by atoms with Crippen molar-refractivity contribution in [3.05, 3.63) is 89.0 Å². The van der Waals surface area contributed by atoms with Crippen molar-refractivity contribution in [3.8, 4) is 29.5 Å². The molecule has 4 aromatic rings. The van der Waals surface area contributed by atoms with Gasteiger partial charge in [0, 0.05) is 24.2 Å². The molecule has 1 unspecified atom stereocenters. The van der Waals surface area contributed by atoms with Crippen LogP contribution < -0.4 is 0 Å². The molecule has 35 heavy (non-hydrogen) atoms. The Bertz CT molecular complexity index is 1460. The third-order valence-corrected chi connectivity index (χ3v) is 6.41. The Hall–Kier alpha value is -4.35. The van der Waals surface area contributed by atoms with Gasteiger partial charge >= 0.3 is 0 Å². The van der Waals surface area contributed by atoms with Crippen LogP contribution in [0.2, 0.25) is 0 Å². The number of hydrazone groups is 1. The van der Waals surface area contributed by atoms with E-state index in [2.05, 4.69) is 32.7 Å². The van der Waals surface area contributed by atoms with Crippen molar-refractivity contribution in [2.24, 2.45) is 5.10 Å². The van der Waals surface area contributed by atoms with E-state index >= 15 is 0 Å². The van der Waals surface area contributed by atoms with Crippen LogP contribution >= 0.6 is 0 Å². The van der Waals surface area contributed by atoms with Crippen LogP contribution in [0.25, 0.3) is 17.1 Å². The van der Waals surface area contributed by atoms with E-state index in [4.69, 9.17) is 25.8 Å². The topological polar surface area (TPSA) is 71.9 Å². The molecule has 0 saturated carbocycles. The molecule has 4 heterocycles. The molecule has 2 aliphatic rings. The van der Waals surface area contributed by atoms with E-state index in [1.165, 1.54) is 0 Å². The second kappa shape index (κ2) is 8.46. The minimum absolute atomic E-state index is 0.0955. The zero-order chi connectivity index (χ0) is 23.9. The maximum Gasteiger partial charge on any atom is 0.187 e. The molecule has 6 rings (SSSR count). The number of terminal acetylenes is 1. The molecule has 0 fully saturated rings. The first-order valence-corrected chi connectivity index (χ1v) is 11.4. The summed E-state index contributed by atoms with van der Waals surface area (Å²) in [5.74, 6) is 4.25. The first-order chi connectivity index (χ1) is 17.1. The van der Waals surface area contributed by atoms with Crippen LogP contribution in [0.5, 0.6) is 0 Å². The summed E-state index contributed by atoms with van der Waals surface area (Å²) in [7, 11) is 1.97. The molecule has 0 aliphatic carbocycles. The number of ether oxygens (including phenoxy) is 1. The highest BCUT2D eigenvalue weighted by Crippen LogP contribution is 2.35. The number of likely N-dealkylation sites (N-methyl/N-ethyl adjacent to an activating group) is 1. The smallest absolute Gasteiger partial charge is 0.187 e. The molecule has 0 amide bonds. The third kappa shape index (κ3) is 3.66. The van der Waals surface area contributed by atoms with Crippen LogP contribution in [0.4, 0.5) is 0 Å². The van der Waals surface area contributed by atoms with E-state index in [1.807, 2.05) is 67.8 Å². The predicted octanol–water partition coefficient (Wildman–Crippen LogP) is 3.78. The van der Waals surface area contributed by atoms with Crippen molar-refractivity contribution in [2.75, 3.05) is 13.7 Å². The first kappa shape index (κ1) is 21.2. The van der Waals surface area contributed by atoms with Gasteiger partial charge in [-0.3, -0.25) is 9.58 Å². The fourth-order valence-electron chi connectivity index (χ4n) is 4.65. The summed E-state index contributed by atoms with van der Waals surface area (Å²) in [6.07, 6.45) is 7.47. The van der Waals surface area contributed by atoms with Gasteiger partial charge in [-0.05, 0) is 30.7 Å². The fraction of sp³-hybridized carbons (Fsp3) is 0.222. The monoisotopic (exact) mass is 464 g/mol. The van der Waals surface area contributed by atoms with E-state index in [9.17, 15) is 0 Å². The zero-order valence-electron chi connectivity index (χ0n) is 19.5. The standard InChI is InChI=1S/C27H24N6O2/c1-4-19-10-11-22-21(13-19)27-29-31(3)25(16-34-15-20-8-6-5-7-9-20)32(27)14-23-26(28-17-33(22)23)24-12-18(2)30-35-24/h1,5-13,17,25H,14-16H2,2-3H3. The van der Waals surface area contributed by atoms with E-state index in [0.717, 1.165) is 45.3 Å². The zero-order valence-corrected chi connectivity index (χ0v) is 19.5. The Morgan fingerprint density at radius 3 is 2.80 bits per heavy atom. The normalized spacial score (nSPS) is 16.3. The Morgan fingerprint density at radius 1 is 1.17 bits per heavy atom. The first-order valence-electron chi connectivity index (χ1n) is 11.4. The molecule has 0 radical (unpaired) electrons. The van der Waals surface area contributed by atoms with Gasteiger partial charge in [-0.25, -0.2) is 4.98 Å². The van der Waals surface area contributed by atoms with Crippen LogP contribution in [0.15, 0.2) is 70.5 Å². The molecule has 8 nitrogen and oxygen atoms in total. The average Bonchev–Trinajstić information content (AvgIpc) is 3.55. The number of hydrogen-bond donors (Lipinski definition) is 0.